The second kappa shape index (κ2) is 8.74. The summed E-state index contributed by atoms with van der Waals surface area (Å²) in [7, 11) is 0. The van der Waals surface area contributed by atoms with Crippen molar-refractivity contribution in [2.45, 2.75) is 18.9 Å². The van der Waals surface area contributed by atoms with Crippen LogP contribution >= 0.6 is 0 Å². The first-order chi connectivity index (χ1) is 14.1. The number of likely N-dealkylation sites (tertiary alicyclic amines) is 1. The van der Waals surface area contributed by atoms with E-state index in [1.54, 1.807) is 29.2 Å². The van der Waals surface area contributed by atoms with Gasteiger partial charge >= 0.3 is 0 Å². The molecular weight excluding hydrogens is 371 g/mol. The standard InChI is InChI=1S/C23H25FN2O3/c24-20-9-6-17(7-10-20)21-11-8-19(22(27)25-12-14-29-15-13-25)16-26(21)23(28)18-4-2-1-3-5-18/h1-7,9-10,19,21H,8,11-16H2/t19-,21+/m1/s1. The van der Waals surface area contributed by atoms with Crippen molar-refractivity contribution in [1.29, 1.82) is 0 Å². The zero-order valence-corrected chi connectivity index (χ0v) is 16.3. The van der Waals surface area contributed by atoms with Gasteiger partial charge in [0.1, 0.15) is 5.82 Å². The first-order valence-corrected chi connectivity index (χ1v) is 10.1. The van der Waals surface area contributed by atoms with Crippen molar-refractivity contribution in [3.05, 3.63) is 71.5 Å². The molecule has 2 aromatic carbocycles. The third-order valence-corrected chi connectivity index (χ3v) is 5.79. The fourth-order valence-corrected chi connectivity index (χ4v) is 4.22. The second-order valence-electron chi connectivity index (χ2n) is 7.60. The Morgan fingerprint density at radius 2 is 1.62 bits per heavy atom. The van der Waals surface area contributed by atoms with E-state index in [0.29, 0.717) is 51.3 Å². The first kappa shape index (κ1) is 19.6. The van der Waals surface area contributed by atoms with Crippen LogP contribution in [0.4, 0.5) is 4.39 Å². The number of benzene rings is 2. The largest absolute Gasteiger partial charge is 0.378 e. The molecule has 2 fully saturated rings. The number of morpholine rings is 1. The molecular formula is C23H25FN2O3. The normalized spacial score (nSPS) is 22.4. The predicted molar refractivity (Wildman–Crippen MR) is 107 cm³/mol. The van der Waals surface area contributed by atoms with Crippen molar-refractivity contribution >= 4 is 11.8 Å². The summed E-state index contributed by atoms with van der Waals surface area (Å²) < 4.78 is 18.8. The van der Waals surface area contributed by atoms with Crippen LogP contribution < -0.4 is 0 Å². The third kappa shape index (κ3) is 4.32. The molecule has 2 saturated heterocycles. The SMILES string of the molecule is O=C([C@@H]1CC[C@@H](c2ccc(F)cc2)N(C(=O)c2ccccc2)C1)N1CCOCC1. The maximum absolute atomic E-state index is 13.4. The number of rotatable bonds is 3. The van der Waals surface area contributed by atoms with Crippen LogP contribution in [0.1, 0.15) is 34.8 Å². The molecule has 2 atom stereocenters. The van der Waals surface area contributed by atoms with Crippen molar-refractivity contribution in [3.63, 3.8) is 0 Å². The monoisotopic (exact) mass is 396 g/mol. The molecule has 4 rings (SSSR count). The zero-order valence-electron chi connectivity index (χ0n) is 16.3. The Hall–Kier alpha value is -2.73. The number of piperidine rings is 1. The Balaban J connectivity index is 1.58. The van der Waals surface area contributed by atoms with Crippen molar-refractivity contribution in [3.8, 4) is 0 Å². The summed E-state index contributed by atoms with van der Waals surface area (Å²) in [5.74, 6) is -0.528. The molecule has 29 heavy (non-hydrogen) atoms. The fourth-order valence-electron chi connectivity index (χ4n) is 4.22. The molecule has 0 N–H and O–H groups in total. The minimum atomic E-state index is -0.300. The van der Waals surface area contributed by atoms with E-state index in [1.807, 2.05) is 23.1 Å². The van der Waals surface area contributed by atoms with Crippen LogP contribution in [0, 0.1) is 11.7 Å². The van der Waals surface area contributed by atoms with Gasteiger partial charge in [0.25, 0.3) is 5.91 Å². The Morgan fingerprint density at radius 3 is 2.31 bits per heavy atom. The van der Waals surface area contributed by atoms with Gasteiger partial charge in [-0.15, -0.1) is 0 Å². The van der Waals surface area contributed by atoms with E-state index < -0.39 is 0 Å². The van der Waals surface area contributed by atoms with Crippen molar-refractivity contribution in [2.24, 2.45) is 5.92 Å². The van der Waals surface area contributed by atoms with Crippen LogP contribution in [-0.4, -0.2) is 54.5 Å². The molecule has 2 aliphatic rings. The molecule has 0 spiro atoms. The number of carbonyl (C=O) groups excluding carboxylic acids is 2. The number of amides is 2. The van der Waals surface area contributed by atoms with E-state index in [9.17, 15) is 14.0 Å². The number of ether oxygens (including phenoxy) is 1. The average Bonchev–Trinajstić information content (AvgIpc) is 2.79. The molecule has 0 saturated carbocycles. The van der Waals surface area contributed by atoms with Gasteiger partial charge in [0.2, 0.25) is 5.91 Å². The molecule has 0 aromatic heterocycles. The molecule has 2 amide bonds. The molecule has 0 aliphatic carbocycles. The van der Waals surface area contributed by atoms with Gasteiger partial charge in [-0.3, -0.25) is 9.59 Å². The van der Waals surface area contributed by atoms with Gasteiger partial charge in [0, 0.05) is 25.2 Å². The van der Waals surface area contributed by atoms with Gasteiger partial charge in [-0.25, -0.2) is 4.39 Å². The van der Waals surface area contributed by atoms with Crippen LogP contribution in [-0.2, 0) is 9.53 Å². The highest BCUT2D eigenvalue weighted by atomic mass is 19.1. The van der Waals surface area contributed by atoms with Crippen LogP contribution in [0.15, 0.2) is 54.6 Å². The van der Waals surface area contributed by atoms with Gasteiger partial charge in [0.15, 0.2) is 0 Å². The van der Waals surface area contributed by atoms with Gasteiger partial charge < -0.3 is 14.5 Å². The van der Waals surface area contributed by atoms with E-state index in [1.165, 1.54) is 12.1 Å². The molecule has 2 aliphatic heterocycles. The van der Waals surface area contributed by atoms with E-state index >= 15 is 0 Å². The number of hydrogen-bond donors (Lipinski definition) is 0. The molecule has 0 radical (unpaired) electrons. The quantitative estimate of drug-likeness (QED) is 0.800. The highest BCUT2D eigenvalue weighted by Gasteiger charge is 2.37. The van der Waals surface area contributed by atoms with Crippen LogP contribution in [0.25, 0.3) is 0 Å². The predicted octanol–water partition coefficient (Wildman–Crippen LogP) is 3.28. The molecule has 0 bridgehead atoms. The smallest absolute Gasteiger partial charge is 0.254 e. The Bertz CT molecular complexity index is 850. The van der Waals surface area contributed by atoms with E-state index in [2.05, 4.69) is 0 Å². The molecule has 6 heteroatoms. The zero-order chi connectivity index (χ0) is 20.2. The fraction of sp³-hybridized carbons (Fsp3) is 0.391. The van der Waals surface area contributed by atoms with Gasteiger partial charge in [-0.2, -0.15) is 0 Å². The lowest BCUT2D eigenvalue weighted by Gasteiger charge is -2.41. The van der Waals surface area contributed by atoms with Crippen LogP contribution in [0.3, 0.4) is 0 Å². The van der Waals surface area contributed by atoms with Crippen LogP contribution in [0.5, 0.6) is 0 Å². The summed E-state index contributed by atoms with van der Waals surface area (Å²) in [4.78, 5) is 30.0. The Labute approximate surface area is 170 Å². The van der Waals surface area contributed by atoms with E-state index in [4.69, 9.17) is 4.74 Å². The lowest BCUT2D eigenvalue weighted by Crippen LogP contribution is -2.50. The summed E-state index contributed by atoms with van der Waals surface area (Å²) in [6.45, 7) is 2.69. The summed E-state index contributed by atoms with van der Waals surface area (Å²) in [5.41, 5.74) is 1.49. The molecule has 152 valence electrons. The molecule has 5 nitrogen and oxygen atoms in total. The maximum atomic E-state index is 13.4. The third-order valence-electron chi connectivity index (χ3n) is 5.79. The average molecular weight is 396 g/mol. The summed E-state index contributed by atoms with van der Waals surface area (Å²) in [6, 6.07) is 15.3. The van der Waals surface area contributed by atoms with Crippen molar-refractivity contribution in [1.82, 2.24) is 9.80 Å². The highest BCUT2D eigenvalue weighted by molar-refractivity contribution is 5.95. The number of nitrogens with zero attached hydrogens (tertiary/aromatic N) is 2. The Kier molecular flexibility index (Phi) is 5.90. The van der Waals surface area contributed by atoms with Gasteiger partial charge in [0.05, 0.1) is 25.2 Å². The van der Waals surface area contributed by atoms with Crippen molar-refractivity contribution in [2.75, 3.05) is 32.8 Å². The van der Waals surface area contributed by atoms with E-state index in [-0.39, 0.29) is 29.6 Å². The number of hydrogen-bond acceptors (Lipinski definition) is 3. The summed E-state index contributed by atoms with van der Waals surface area (Å²) >= 11 is 0. The first-order valence-electron chi connectivity index (χ1n) is 10.1. The van der Waals surface area contributed by atoms with Crippen molar-refractivity contribution < 1.29 is 18.7 Å². The molecule has 2 heterocycles. The van der Waals surface area contributed by atoms with Gasteiger partial charge in [-0.05, 0) is 42.7 Å². The summed E-state index contributed by atoms with van der Waals surface area (Å²) in [6.07, 6.45) is 1.38. The molecule has 2 aromatic rings. The number of halogens is 1. The highest BCUT2D eigenvalue weighted by Crippen LogP contribution is 2.35. The maximum Gasteiger partial charge on any atom is 0.254 e. The minimum absolute atomic E-state index is 0.0942. The topological polar surface area (TPSA) is 49.9 Å². The van der Waals surface area contributed by atoms with Crippen LogP contribution in [0.2, 0.25) is 0 Å². The minimum Gasteiger partial charge on any atom is -0.378 e. The number of carbonyl (C=O) groups is 2. The van der Waals surface area contributed by atoms with Gasteiger partial charge in [-0.1, -0.05) is 30.3 Å². The second-order valence-corrected chi connectivity index (χ2v) is 7.60. The lowest BCUT2D eigenvalue weighted by atomic mass is 9.87. The molecule has 0 unspecified atom stereocenters. The summed E-state index contributed by atoms with van der Waals surface area (Å²) in [5, 5.41) is 0. The lowest BCUT2D eigenvalue weighted by molar-refractivity contribution is -0.141. The van der Waals surface area contributed by atoms with E-state index in [0.717, 1.165) is 5.56 Å². The Morgan fingerprint density at radius 1 is 0.931 bits per heavy atom.